The van der Waals surface area contributed by atoms with Gasteiger partial charge in [0.1, 0.15) is 17.3 Å². The lowest BCUT2D eigenvalue weighted by molar-refractivity contribution is 0.414. The minimum Gasteiger partial charge on any atom is -0.497 e. The van der Waals surface area contributed by atoms with Crippen LogP contribution in [0.5, 0.6) is 11.5 Å². The summed E-state index contributed by atoms with van der Waals surface area (Å²) in [6.07, 6.45) is 2.85. The lowest BCUT2D eigenvalue weighted by atomic mass is 10.2. The third kappa shape index (κ3) is 2.93. The molecular formula is C19H20N2O2. The summed E-state index contributed by atoms with van der Waals surface area (Å²) in [5, 5.41) is 0. The Bertz CT molecular complexity index is 774. The second-order valence-electron chi connectivity index (χ2n) is 5.19. The van der Waals surface area contributed by atoms with Gasteiger partial charge in [0.25, 0.3) is 0 Å². The fourth-order valence-corrected chi connectivity index (χ4v) is 2.60. The van der Waals surface area contributed by atoms with Crippen molar-refractivity contribution < 1.29 is 9.47 Å². The number of imidazole rings is 1. The highest BCUT2D eigenvalue weighted by atomic mass is 16.5. The molecule has 0 spiro atoms. The van der Waals surface area contributed by atoms with E-state index in [1.807, 2.05) is 54.7 Å². The third-order valence-electron chi connectivity index (χ3n) is 3.88. The predicted molar refractivity (Wildman–Crippen MR) is 91.5 cm³/mol. The molecule has 3 rings (SSSR count). The van der Waals surface area contributed by atoms with E-state index in [1.54, 1.807) is 14.2 Å². The van der Waals surface area contributed by atoms with Gasteiger partial charge < -0.3 is 9.47 Å². The minimum atomic E-state index is 0.840. The summed E-state index contributed by atoms with van der Waals surface area (Å²) >= 11 is 0. The molecule has 2 aromatic carbocycles. The van der Waals surface area contributed by atoms with Crippen molar-refractivity contribution in [1.29, 1.82) is 0 Å². The highest BCUT2D eigenvalue weighted by Gasteiger charge is 2.13. The van der Waals surface area contributed by atoms with Crippen molar-refractivity contribution in [2.24, 2.45) is 0 Å². The maximum atomic E-state index is 5.24. The fraction of sp³-hybridized carbons (Fsp3) is 0.211. The summed E-state index contributed by atoms with van der Waals surface area (Å²) in [6, 6.07) is 16.0. The average molecular weight is 308 g/mol. The average Bonchev–Trinajstić information content (AvgIpc) is 3.06. The fourth-order valence-electron chi connectivity index (χ4n) is 2.60. The number of benzene rings is 2. The van der Waals surface area contributed by atoms with Crippen molar-refractivity contribution in [1.82, 2.24) is 9.55 Å². The van der Waals surface area contributed by atoms with E-state index in [4.69, 9.17) is 9.47 Å². The van der Waals surface area contributed by atoms with E-state index >= 15 is 0 Å². The Morgan fingerprint density at radius 3 is 1.96 bits per heavy atom. The minimum absolute atomic E-state index is 0.840. The molecule has 118 valence electrons. The van der Waals surface area contributed by atoms with Crippen LogP contribution in [0.3, 0.4) is 0 Å². The van der Waals surface area contributed by atoms with Crippen LogP contribution in [-0.4, -0.2) is 23.8 Å². The van der Waals surface area contributed by atoms with Crippen molar-refractivity contribution in [3.8, 4) is 28.6 Å². The van der Waals surface area contributed by atoms with Crippen molar-refractivity contribution in [2.75, 3.05) is 14.2 Å². The Labute approximate surface area is 136 Å². The van der Waals surface area contributed by atoms with Crippen LogP contribution in [0.4, 0.5) is 0 Å². The summed E-state index contributed by atoms with van der Waals surface area (Å²) < 4.78 is 12.7. The predicted octanol–water partition coefficient (Wildman–Crippen LogP) is 4.12. The Morgan fingerprint density at radius 1 is 0.870 bits per heavy atom. The van der Waals surface area contributed by atoms with Crippen molar-refractivity contribution in [3.63, 3.8) is 0 Å². The maximum Gasteiger partial charge on any atom is 0.144 e. The Hall–Kier alpha value is -2.75. The van der Waals surface area contributed by atoms with Gasteiger partial charge in [0.15, 0.2) is 0 Å². The molecule has 0 amide bonds. The third-order valence-corrected chi connectivity index (χ3v) is 3.88. The van der Waals surface area contributed by atoms with Crippen molar-refractivity contribution in [3.05, 3.63) is 60.4 Å². The zero-order valence-corrected chi connectivity index (χ0v) is 13.6. The Balaban J connectivity index is 2.08. The molecule has 3 aromatic rings. The van der Waals surface area contributed by atoms with Gasteiger partial charge in [-0.05, 0) is 55.0 Å². The Kier molecular flexibility index (Phi) is 4.33. The molecular weight excluding hydrogens is 288 g/mol. The summed E-state index contributed by atoms with van der Waals surface area (Å²) in [7, 11) is 3.34. The quantitative estimate of drug-likeness (QED) is 0.711. The molecule has 0 saturated heterocycles. The van der Waals surface area contributed by atoms with Gasteiger partial charge in [-0.2, -0.15) is 0 Å². The molecule has 0 fully saturated rings. The van der Waals surface area contributed by atoms with Crippen LogP contribution in [-0.2, 0) is 6.42 Å². The van der Waals surface area contributed by atoms with Crippen molar-refractivity contribution >= 4 is 0 Å². The molecule has 0 atom stereocenters. The number of aromatic nitrogens is 2. The van der Waals surface area contributed by atoms with Crippen LogP contribution in [0.1, 0.15) is 12.6 Å². The number of ether oxygens (including phenoxy) is 2. The molecule has 0 aliphatic carbocycles. The van der Waals surface area contributed by atoms with Gasteiger partial charge >= 0.3 is 0 Å². The first kappa shape index (κ1) is 15.2. The summed E-state index contributed by atoms with van der Waals surface area (Å²) in [5.41, 5.74) is 3.30. The van der Waals surface area contributed by atoms with Gasteiger partial charge in [-0.3, -0.25) is 4.57 Å². The second-order valence-corrected chi connectivity index (χ2v) is 5.19. The van der Waals surface area contributed by atoms with E-state index in [0.717, 1.165) is 35.0 Å². The standard InChI is InChI=1S/C19H20N2O2/c1-4-15-13-20-19(14-5-9-17(22-2)10-6-14)21(15)16-7-11-18(23-3)12-8-16/h5-13H,4H2,1-3H3. The normalized spacial score (nSPS) is 10.6. The lowest BCUT2D eigenvalue weighted by Gasteiger charge is -2.12. The van der Waals surface area contributed by atoms with Gasteiger partial charge in [0.05, 0.1) is 14.2 Å². The van der Waals surface area contributed by atoms with E-state index < -0.39 is 0 Å². The Morgan fingerprint density at radius 2 is 1.43 bits per heavy atom. The first-order chi connectivity index (χ1) is 11.3. The first-order valence-electron chi connectivity index (χ1n) is 7.62. The smallest absolute Gasteiger partial charge is 0.144 e. The van der Waals surface area contributed by atoms with Gasteiger partial charge in [-0.25, -0.2) is 4.98 Å². The maximum absolute atomic E-state index is 5.24. The van der Waals surface area contributed by atoms with Gasteiger partial charge in [-0.15, -0.1) is 0 Å². The summed E-state index contributed by atoms with van der Waals surface area (Å²) in [5.74, 6) is 2.61. The van der Waals surface area contributed by atoms with E-state index in [2.05, 4.69) is 16.5 Å². The molecule has 4 nitrogen and oxygen atoms in total. The van der Waals surface area contributed by atoms with Crippen molar-refractivity contribution in [2.45, 2.75) is 13.3 Å². The second kappa shape index (κ2) is 6.57. The van der Waals surface area contributed by atoms with Crippen LogP contribution < -0.4 is 9.47 Å². The number of hydrogen-bond acceptors (Lipinski definition) is 3. The monoisotopic (exact) mass is 308 g/mol. The number of rotatable bonds is 5. The first-order valence-corrected chi connectivity index (χ1v) is 7.62. The molecule has 0 saturated carbocycles. The zero-order chi connectivity index (χ0) is 16.2. The molecule has 1 heterocycles. The highest BCUT2D eigenvalue weighted by Crippen LogP contribution is 2.27. The highest BCUT2D eigenvalue weighted by molar-refractivity contribution is 5.61. The summed E-state index contributed by atoms with van der Waals surface area (Å²) in [4.78, 5) is 4.62. The van der Waals surface area contributed by atoms with E-state index in [-0.39, 0.29) is 0 Å². The number of aryl methyl sites for hydroxylation is 1. The SMILES string of the molecule is CCc1cnc(-c2ccc(OC)cc2)n1-c1ccc(OC)cc1. The van der Waals surface area contributed by atoms with E-state index in [9.17, 15) is 0 Å². The van der Waals surface area contributed by atoms with Crippen LogP contribution in [0, 0.1) is 0 Å². The topological polar surface area (TPSA) is 36.3 Å². The zero-order valence-electron chi connectivity index (χ0n) is 13.6. The molecule has 0 aliphatic heterocycles. The molecule has 0 aliphatic rings. The van der Waals surface area contributed by atoms with Gasteiger partial charge in [-0.1, -0.05) is 6.92 Å². The van der Waals surface area contributed by atoms with Gasteiger partial charge in [0, 0.05) is 23.1 Å². The van der Waals surface area contributed by atoms with Crippen LogP contribution in [0.2, 0.25) is 0 Å². The molecule has 1 aromatic heterocycles. The van der Waals surface area contributed by atoms with E-state index in [0.29, 0.717) is 0 Å². The van der Waals surface area contributed by atoms with Crippen LogP contribution >= 0.6 is 0 Å². The van der Waals surface area contributed by atoms with Gasteiger partial charge in [0.2, 0.25) is 0 Å². The number of methoxy groups -OCH3 is 2. The molecule has 0 N–H and O–H groups in total. The molecule has 4 heteroatoms. The van der Waals surface area contributed by atoms with E-state index in [1.165, 1.54) is 5.69 Å². The number of nitrogens with zero attached hydrogens (tertiary/aromatic N) is 2. The molecule has 0 bridgehead atoms. The molecule has 23 heavy (non-hydrogen) atoms. The van der Waals surface area contributed by atoms with Crippen LogP contribution in [0.15, 0.2) is 54.7 Å². The molecule has 0 unspecified atom stereocenters. The molecule has 0 radical (unpaired) electrons. The van der Waals surface area contributed by atoms with Crippen LogP contribution in [0.25, 0.3) is 17.1 Å². The lowest BCUT2D eigenvalue weighted by Crippen LogP contribution is -2.01. The summed E-state index contributed by atoms with van der Waals surface area (Å²) in [6.45, 7) is 2.13. The largest absolute Gasteiger partial charge is 0.497 e. The number of hydrogen-bond donors (Lipinski definition) is 0.